The lowest BCUT2D eigenvalue weighted by atomic mass is 10.2. The number of halogens is 3. The maximum Gasteiger partial charge on any atom is 0.402 e. The van der Waals surface area contributed by atoms with Crippen LogP contribution >= 0.6 is 11.8 Å². The number of alkyl halides is 3. The van der Waals surface area contributed by atoms with Gasteiger partial charge in [-0.15, -0.1) is 0 Å². The molecule has 0 fully saturated rings. The molecule has 0 atom stereocenters. The summed E-state index contributed by atoms with van der Waals surface area (Å²) >= 11 is 1.25. The molecule has 0 aliphatic carbocycles. The Morgan fingerprint density at radius 3 is 2.18 bits per heavy atom. The topological polar surface area (TPSA) is 99.1 Å². The summed E-state index contributed by atoms with van der Waals surface area (Å²) in [5.41, 5.74) is 1.06. The van der Waals surface area contributed by atoms with E-state index >= 15 is 0 Å². The lowest BCUT2D eigenvalue weighted by Gasteiger charge is -2.12. The third kappa shape index (κ3) is 6.58. The van der Waals surface area contributed by atoms with Gasteiger partial charge in [0.15, 0.2) is 0 Å². The number of anilines is 1. The highest BCUT2D eigenvalue weighted by Gasteiger charge is 2.30. The van der Waals surface area contributed by atoms with Crippen LogP contribution in [0.1, 0.15) is 15.9 Å². The molecule has 0 spiro atoms. The Balaban J connectivity index is 1.75. The van der Waals surface area contributed by atoms with Crippen molar-refractivity contribution in [3.05, 3.63) is 83.9 Å². The first-order chi connectivity index (χ1) is 15.6. The maximum atomic E-state index is 12.8. The smallest absolute Gasteiger partial charge is 0.322 e. The van der Waals surface area contributed by atoms with E-state index in [1.165, 1.54) is 28.6 Å². The van der Waals surface area contributed by atoms with Crippen molar-refractivity contribution in [3.63, 3.8) is 0 Å². The average molecular weight is 492 g/mol. The molecule has 2 N–H and O–H groups in total. The molecule has 11 heteroatoms. The fourth-order valence-corrected chi connectivity index (χ4v) is 4.72. The number of rotatable bonds is 7. The van der Waals surface area contributed by atoms with Crippen LogP contribution in [-0.2, 0) is 10.0 Å². The summed E-state index contributed by atoms with van der Waals surface area (Å²) in [6.07, 6.45) is -4.68. The molecule has 170 valence electrons. The Bertz CT molecular complexity index is 1300. The van der Waals surface area contributed by atoms with E-state index in [0.29, 0.717) is 20.9 Å². The van der Waals surface area contributed by atoms with Gasteiger partial charge in [0, 0.05) is 15.5 Å². The molecule has 0 aliphatic heterocycles. The molecule has 3 aromatic rings. The molecule has 0 heterocycles. The van der Waals surface area contributed by atoms with Crippen molar-refractivity contribution in [2.75, 3.05) is 11.9 Å². The van der Waals surface area contributed by atoms with Crippen molar-refractivity contribution in [1.29, 1.82) is 5.26 Å². The second kappa shape index (κ2) is 10.1. The van der Waals surface area contributed by atoms with Crippen LogP contribution in [0.5, 0.6) is 0 Å². The number of nitrogens with one attached hydrogen (secondary N) is 2. The second-order valence-electron chi connectivity index (χ2n) is 6.62. The minimum absolute atomic E-state index is 0.256. The predicted molar refractivity (Wildman–Crippen MR) is 117 cm³/mol. The number of amides is 1. The van der Waals surface area contributed by atoms with Crippen LogP contribution in [0.15, 0.2) is 87.5 Å². The molecule has 0 bridgehead atoms. The van der Waals surface area contributed by atoms with Gasteiger partial charge in [0.25, 0.3) is 5.91 Å². The number of benzene rings is 3. The summed E-state index contributed by atoms with van der Waals surface area (Å²) < 4.78 is 62.3. The largest absolute Gasteiger partial charge is 0.402 e. The fraction of sp³-hybridized carbons (Fsp3) is 0.0909. The zero-order valence-electron chi connectivity index (χ0n) is 16.8. The van der Waals surface area contributed by atoms with Crippen LogP contribution in [0, 0.1) is 11.3 Å². The molecular formula is C22H16F3N3O3S2. The van der Waals surface area contributed by atoms with E-state index in [0.717, 1.165) is 12.1 Å². The zero-order valence-corrected chi connectivity index (χ0v) is 18.4. The first-order valence-electron chi connectivity index (χ1n) is 9.33. The molecule has 0 aliphatic rings. The summed E-state index contributed by atoms with van der Waals surface area (Å²) in [4.78, 5) is 13.7. The molecule has 0 aromatic heterocycles. The fourth-order valence-electron chi connectivity index (χ4n) is 2.69. The van der Waals surface area contributed by atoms with Gasteiger partial charge in [0.1, 0.15) is 12.6 Å². The van der Waals surface area contributed by atoms with Gasteiger partial charge in [-0.1, -0.05) is 36.0 Å². The van der Waals surface area contributed by atoms with Crippen molar-refractivity contribution in [3.8, 4) is 6.07 Å². The third-order valence-electron chi connectivity index (χ3n) is 4.24. The molecule has 3 rings (SSSR count). The first kappa shape index (κ1) is 24.3. The number of nitriles is 1. The quantitative estimate of drug-likeness (QED) is 0.495. The van der Waals surface area contributed by atoms with Crippen LogP contribution < -0.4 is 10.0 Å². The Morgan fingerprint density at radius 1 is 0.939 bits per heavy atom. The number of carbonyl (C=O) groups excluding carboxylic acids is 1. The monoisotopic (exact) mass is 491 g/mol. The van der Waals surface area contributed by atoms with Crippen molar-refractivity contribution in [2.45, 2.75) is 20.9 Å². The van der Waals surface area contributed by atoms with Crippen LogP contribution in [0.2, 0.25) is 0 Å². The summed E-state index contributed by atoms with van der Waals surface area (Å²) in [6.45, 7) is -1.68. The van der Waals surface area contributed by atoms with Crippen molar-refractivity contribution in [2.24, 2.45) is 0 Å². The van der Waals surface area contributed by atoms with Crippen LogP contribution in [0.4, 0.5) is 18.9 Å². The highest BCUT2D eigenvalue weighted by atomic mass is 32.2. The molecule has 0 unspecified atom stereocenters. The normalized spacial score (nSPS) is 11.6. The Labute approximate surface area is 192 Å². The predicted octanol–water partition coefficient (Wildman–Crippen LogP) is 4.80. The number of hydrogen-bond donors (Lipinski definition) is 2. The number of nitrogens with zero attached hydrogens (tertiary/aromatic N) is 1. The van der Waals surface area contributed by atoms with Crippen LogP contribution in [-0.4, -0.2) is 27.0 Å². The molecule has 33 heavy (non-hydrogen) atoms. The molecule has 0 saturated heterocycles. The second-order valence-corrected chi connectivity index (χ2v) is 9.48. The number of hydrogen-bond acceptors (Lipinski definition) is 5. The van der Waals surface area contributed by atoms with Gasteiger partial charge in [0.05, 0.1) is 16.0 Å². The van der Waals surface area contributed by atoms with E-state index in [1.807, 2.05) is 0 Å². The summed E-state index contributed by atoms with van der Waals surface area (Å²) in [6, 6.07) is 20.6. The lowest BCUT2D eigenvalue weighted by Crippen LogP contribution is -2.33. The highest BCUT2D eigenvalue weighted by molar-refractivity contribution is 7.99. The van der Waals surface area contributed by atoms with Gasteiger partial charge in [-0.05, 0) is 48.5 Å². The van der Waals surface area contributed by atoms with Gasteiger partial charge < -0.3 is 5.32 Å². The maximum absolute atomic E-state index is 12.8. The summed E-state index contributed by atoms with van der Waals surface area (Å²) in [7, 11) is -4.35. The molecule has 6 nitrogen and oxygen atoms in total. The van der Waals surface area contributed by atoms with Crippen LogP contribution in [0.3, 0.4) is 0 Å². The number of carbonyl (C=O) groups is 1. The van der Waals surface area contributed by atoms with E-state index in [2.05, 4.69) is 11.4 Å². The SMILES string of the molecule is N#Cc1ccccc1Sc1ccccc1C(=O)Nc1ccc(S(=O)(=O)NCC(F)(F)F)cc1. The van der Waals surface area contributed by atoms with E-state index in [1.54, 1.807) is 48.5 Å². The minimum Gasteiger partial charge on any atom is -0.322 e. The first-order valence-corrected chi connectivity index (χ1v) is 11.6. The van der Waals surface area contributed by atoms with Crippen molar-refractivity contribution in [1.82, 2.24) is 4.72 Å². The summed E-state index contributed by atoms with van der Waals surface area (Å²) in [5, 5.41) is 11.9. The van der Waals surface area contributed by atoms with Crippen molar-refractivity contribution >= 4 is 33.4 Å². The van der Waals surface area contributed by atoms with E-state index in [9.17, 15) is 31.6 Å². The molecular weight excluding hydrogens is 475 g/mol. The average Bonchev–Trinajstić information content (AvgIpc) is 2.78. The van der Waals surface area contributed by atoms with Gasteiger partial charge in [-0.3, -0.25) is 4.79 Å². The van der Waals surface area contributed by atoms with Gasteiger partial charge >= 0.3 is 6.18 Å². The summed E-state index contributed by atoms with van der Waals surface area (Å²) in [5.74, 6) is -0.474. The van der Waals surface area contributed by atoms with Crippen LogP contribution in [0.25, 0.3) is 0 Å². The lowest BCUT2D eigenvalue weighted by molar-refractivity contribution is -0.121. The van der Waals surface area contributed by atoms with Gasteiger partial charge in [0.2, 0.25) is 10.0 Å². The molecule has 0 saturated carbocycles. The zero-order chi connectivity index (χ0) is 24.1. The third-order valence-corrected chi connectivity index (χ3v) is 6.81. The van der Waals surface area contributed by atoms with Gasteiger partial charge in [-0.2, -0.15) is 18.4 Å². The Morgan fingerprint density at radius 2 is 1.55 bits per heavy atom. The molecule has 0 radical (unpaired) electrons. The molecule has 1 amide bonds. The van der Waals surface area contributed by atoms with Gasteiger partial charge in [-0.25, -0.2) is 13.1 Å². The molecule has 3 aromatic carbocycles. The standard InChI is InChI=1S/C22H16F3N3O3S2/c23-22(24,25)14-27-33(30,31)17-11-9-16(10-12-17)28-21(29)18-6-2-4-8-20(18)32-19-7-3-1-5-15(19)13-26/h1-12,27H,14H2,(H,28,29). The minimum atomic E-state index is -4.68. The highest BCUT2D eigenvalue weighted by Crippen LogP contribution is 2.33. The van der Waals surface area contributed by atoms with E-state index in [4.69, 9.17) is 0 Å². The Kier molecular flexibility index (Phi) is 7.43. The van der Waals surface area contributed by atoms with E-state index in [-0.39, 0.29) is 10.6 Å². The van der Waals surface area contributed by atoms with Crippen molar-refractivity contribution < 1.29 is 26.4 Å². The Hall–Kier alpha value is -3.33. The van der Waals surface area contributed by atoms with E-state index < -0.39 is 28.7 Å². The number of sulfonamides is 1.